The lowest BCUT2D eigenvalue weighted by molar-refractivity contribution is 0.0696. The summed E-state index contributed by atoms with van der Waals surface area (Å²) in [4.78, 5) is 12.4. The van der Waals surface area contributed by atoms with Crippen LogP contribution in [0.25, 0.3) is 0 Å². The predicted molar refractivity (Wildman–Crippen MR) is 81.1 cm³/mol. The Morgan fingerprint density at radius 1 is 1.43 bits per heavy atom. The van der Waals surface area contributed by atoms with Gasteiger partial charge in [-0.15, -0.1) is 0 Å². The lowest BCUT2D eigenvalue weighted by Gasteiger charge is -2.23. The van der Waals surface area contributed by atoms with Crippen LogP contribution in [-0.2, 0) is 4.74 Å². The van der Waals surface area contributed by atoms with Crippen molar-refractivity contribution in [2.24, 2.45) is 0 Å². The van der Waals surface area contributed by atoms with Crippen LogP contribution in [0.1, 0.15) is 40.7 Å². The summed E-state index contributed by atoms with van der Waals surface area (Å²) in [6.07, 6.45) is 2.11. The lowest BCUT2D eigenvalue weighted by atomic mass is 10.0. The van der Waals surface area contributed by atoms with Gasteiger partial charge < -0.3 is 15.2 Å². The summed E-state index contributed by atoms with van der Waals surface area (Å²) in [7, 11) is 0. The number of aryl methyl sites for hydroxylation is 1. The van der Waals surface area contributed by atoms with Crippen LogP contribution in [0.5, 0.6) is 0 Å². The molecule has 1 heterocycles. The second-order valence-electron chi connectivity index (χ2n) is 5.18. The molecule has 0 saturated carbocycles. The van der Waals surface area contributed by atoms with Crippen molar-refractivity contribution in [3.05, 3.63) is 34.9 Å². The van der Waals surface area contributed by atoms with Crippen molar-refractivity contribution in [2.45, 2.75) is 32.2 Å². The number of amides is 1. The van der Waals surface area contributed by atoms with E-state index in [-0.39, 0.29) is 18.6 Å². The number of ether oxygens (including phenoxy) is 1. The number of aliphatic hydroxyl groups is 1. The fraction of sp³-hybridized carbons (Fsp3) is 0.471. The molecule has 1 aliphatic rings. The average Bonchev–Trinajstić information content (AvgIpc) is 2.48. The van der Waals surface area contributed by atoms with Crippen molar-refractivity contribution in [1.82, 2.24) is 5.32 Å². The van der Waals surface area contributed by atoms with E-state index in [1.807, 2.05) is 25.1 Å². The topological polar surface area (TPSA) is 58.6 Å². The Balaban J connectivity index is 2.13. The highest BCUT2D eigenvalue weighted by atomic mass is 16.5. The second kappa shape index (κ2) is 7.82. The summed E-state index contributed by atoms with van der Waals surface area (Å²) in [5.41, 5.74) is 2.37. The van der Waals surface area contributed by atoms with Crippen molar-refractivity contribution < 1.29 is 14.6 Å². The Bertz CT molecular complexity index is 551. The van der Waals surface area contributed by atoms with E-state index in [2.05, 4.69) is 17.2 Å². The van der Waals surface area contributed by atoms with E-state index >= 15 is 0 Å². The first kappa shape index (κ1) is 15.6. The zero-order valence-electron chi connectivity index (χ0n) is 12.3. The Labute approximate surface area is 125 Å². The molecular weight excluding hydrogens is 266 g/mol. The number of hydrogen-bond donors (Lipinski definition) is 2. The number of carbonyl (C=O) groups excluding carboxylic acids is 1. The van der Waals surface area contributed by atoms with E-state index in [9.17, 15) is 4.79 Å². The van der Waals surface area contributed by atoms with E-state index < -0.39 is 0 Å². The minimum absolute atomic E-state index is 0.0302. The van der Waals surface area contributed by atoms with Gasteiger partial charge in [-0.2, -0.15) is 0 Å². The van der Waals surface area contributed by atoms with Crippen LogP contribution in [0, 0.1) is 18.8 Å². The van der Waals surface area contributed by atoms with E-state index in [4.69, 9.17) is 9.84 Å². The monoisotopic (exact) mass is 287 g/mol. The Morgan fingerprint density at radius 2 is 2.19 bits per heavy atom. The molecule has 0 unspecified atom stereocenters. The molecular formula is C17H21NO3. The third-order valence-electron chi connectivity index (χ3n) is 3.44. The van der Waals surface area contributed by atoms with E-state index in [0.717, 1.165) is 18.4 Å². The fourth-order valence-electron chi connectivity index (χ4n) is 2.28. The number of benzene rings is 1. The van der Waals surface area contributed by atoms with E-state index in [1.54, 1.807) is 0 Å². The third kappa shape index (κ3) is 4.59. The molecule has 0 spiro atoms. The maximum atomic E-state index is 12.4. The molecule has 0 radical (unpaired) electrons. The molecule has 1 fully saturated rings. The minimum atomic E-state index is -0.0878. The number of rotatable bonds is 3. The average molecular weight is 287 g/mol. The summed E-state index contributed by atoms with van der Waals surface area (Å²) in [6, 6.07) is 5.80. The molecule has 2 N–H and O–H groups in total. The first-order chi connectivity index (χ1) is 10.2. The highest BCUT2D eigenvalue weighted by molar-refractivity contribution is 5.97. The van der Waals surface area contributed by atoms with Gasteiger partial charge in [-0.3, -0.25) is 4.79 Å². The van der Waals surface area contributed by atoms with E-state index in [0.29, 0.717) is 30.8 Å². The highest BCUT2D eigenvalue weighted by Gasteiger charge is 2.18. The summed E-state index contributed by atoms with van der Waals surface area (Å²) in [6.45, 7) is 3.39. The molecule has 0 aliphatic carbocycles. The quantitative estimate of drug-likeness (QED) is 0.831. The van der Waals surface area contributed by atoms with Gasteiger partial charge in [-0.1, -0.05) is 17.9 Å². The maximum Gasteiger partial charge on any atom is 0.252 e. The van der Waals surface area contributed by atoms with Gasteiger partial charge in [-0.05, 0) is 37.5 Å². The van der Waals surface area contributed by atoms with E-state index in [1.165, 1.54) is 0 Å². The molecule has 0 bridgehead atoms. The van der Waals surface area contributed by atoms with Gasteiger partial charge in [0.25, 0.3) is 5.91 Å². The van der Waals surface area contributed by atoms with Crippen LogP contribution in [-0.4, -0.2) is 36.9 Å². The Kier molecular flexibility index (Phi) is 5.79. The maximum absolute atomic E-state index is 12.4. The molecule has 4 nitrogen and oxygen atoms in total. The van der Waals surface area contributed by atoms with Crippen molar-refractivity contribution in [3.63, 3.8) is 0 Å². The first-order valence-electron chi connectivity index (χ1n) is 7.29. The van der Waals surface area contributed by atoms with Crippen LogP contribution in [0.2, 0.25) is 0 Å². The van der Waals surface area contributed by atoms with Crippen molar-refractivity contribution in [2.75, 3.05) is 19.8 Å². The standard InChI is InChI=1S/C17H21NO3/c1-13-5-6-16(14(12-13)4-2-3-9-19)17(20)18-15-7-10-21-11-8-15/h5-6,12,15,19H,3,7-11H2,1H3,(H,18,20). The van der Waals surface area contributed by atoms with Crippen molar-refractivity contribution >= 4 is 5.91 Å². The largest absolute Gasteiger partial charge is 0.395 e. The van der Waals surface area contributed by atoms with Gasteiger partial charge in [-0.25, -0.2) is 0 Å². The number of aliphatic hydroxyl groups excluding tert-OH is 1. The van der Waals surface area contributed by atoms with Crippen LogP contribution in [0.3, 0.4) is 0 Å². The van der Waals surface area contributed by atoms with Gasteiger partial charge in [0.2, 0.25) is 0 Å². The smallest absolute Gasteiger partial charge is 0.252 e. The van der Waals surface area contributed by atoms with Crippen LogP contribution >= 0.6 is 0 Å². The lowest BCUT2D eigenvalue weighted by Crippen LogP contribution is -2.39. The molecule has 1 saturated heterocycles. The van der Waals surface area contributed by atoms with Crippen LogP contribution in [0.4, 0.5) is 0 Å². The molecule has 1 aliphatic heterocycles. The first-order valence-corrected chi connectivity index (χ1v) is 7.29. The van der Waals surface area contributed by atoms with Crippen molar-refractivity contribution in [1.29, 1.82) is 0 Å². The zero-order valence-corrected chi connectivity index (χ0v) is 12.3. The van der Waals surface area contributed by atoms with Gasteiger partial charge in [0.1, 0.15) is 0 Å². The summed E-state index contributed by atoms with van der Waals surface area (Å²) in [5, 5.41) is 11.8. The molecule has 112 valence electrons. The molecule has 1 aromatic rings. The zero-order chi connectivity index (χ0) is 15.1. The molecule has 21 heavy (non-hydrogen) atoms. The summed E-state index contributed by atoms with van der Waals surface area (Å²) in [5.74, 6) is 5.77. The minimum Gasteiger partial charge on any atom is -0.395 e. The molecule has 0 aromatic heterocycles. The Hall–Kier alpha value is -1.83. The van der Waals surface area contributed by atoms with Crippen molar-refractivity contribution in [3.8, 4) is 11.8 Å². The summed E-state index contributed by atoms with van der Waals surface area (Å²) >= 11 is 0. The fourth-order valence-corrected chi connectivity index (χ4v) is 2.28. The molecule has 4 heteroatoms. The van der Waals surface area contributed by atoms with Gasteiger partial charge in [0.15, 0.2) is 0 Å². The third-order valence-corrected chi connectivity index (χ3v) is 3.44. The number of nitrogens with one attached hydrogen (secondary N) is 1. The second-order valence-corrected chi connectivity index (χ2v) is 5.18. The predicted octanol–water partition coefficient (Wildman–Crippen LogP) is 1.64. The molecule has 0 atom stereocenters. The van der Waals surface area contributed by atoms with Crippen LogP contribution < -0.4 is 5.32 Å². The SMILES string of the molecule is Cc1ccc(C(=O)NC2CCOCC2)c(C#CCCO)c1. The summed E-state index contributed by atoms with van der Waals surface area (Å²) < 4.78 is 5.29. The normalized spacial score (nSPS) is 15.1. The van der Waals surface area contributed by atoms with Crippen LogP contribution in [0.15, 0.2) is 18.2 Å². The molecule has 2 rings (SSSR count). The molecule has 1 aromatic carbocycles. The molecule has 1 amide bonds. The Morgan fingerprint density at radius 3 is 2.90 bits per heavy atom. The number of carbonyl (C=O) groups is 1. The number of hydrogen-bond acceptors (Lipinski definition) is 3. The van der Waals surface area contributed by atoms with Gasteiger partial charge >= 0.3 is 0 Å². The van der Waals surface area contributed by atoms with Gasteiger partial charge in [0.05, 0.1) is 12.2 Å². The van der Waals surface area contributed by atoms with Gasteiger partial charge in [0, 0.05) is 31.2 Å². The highest BCUT2D eigenvalue weighted by Crippen LogP contribution is 2.13.